The van der Waals surface area contributed by atoms with Gasteiger partial charge in [-0.3, -0.25) is 10.1 Å². The minimum absolute atomic E-state index is 0.0460. The maximum Gasteiger partial charge on any atom is 0.273 e. The summed E-state index contributed by atoms with van der Waals surface area (Å²) in [5.41, 5.74) is 0.0508. The van der Waals surface area contributed by atoms with Gasteiger partial charge >= 0.3 is 0 Å². The molecule has 0 aromatic heterocycles. The van der Waals surface area contributed by atoms with E-state index in [-0.39, 0.29) is 16.1 Å². The maximum absolute atomic E-state index is 12.7. The summed E-state index contributed by atoms with van der Waals surface area (Å²) in [5, 5.41) is 14.2. The number of nitro benzene ring substituents is 1. The van der Waals surface area contributed by atoms with Gasteiger partial charge in [-0.2, -0.15) is 4.31 Å². The van der Waals surface area contributed by atoms with Crippen LogP contribution in [0, 0.1) is 28.9 Å². The first kappa shape index (κ1) is 14.4. The summed E-state index contributed by atoms with van der Waals surface area (Å²) >= 11 is 0. The molecule has 7 nitrogen and oxygen atoms in total. The predicted molar refractivity (Wildman–Crippen MR) is 76.4 cm³/mol. The van der Waals surface area contributed by atoms with Crippen LogP contribution >= 0.6 is 0 Å². The second-order valence-corrected chi connectivity index (χ2v) is 7.56. The molecule has 0 radical (unpaired) electrons. The molecule has 2 saturated heterocycles. The van der Waals surface area contributed by atoms with E-state index in [1.807, 2.05) is 0 Å². The van der Waals surface area contributed by atoms with E-state index >= 15 is 0 Å². The van der Waals surface area contributed by atoms with Crippen molar-refractivity contribution in [1.82, 2.24) is 9.62 Å². The lowest BCUT2D eigenvalue weighted by Gasteiger charge is -2.18. The molecule has 0 amide bonds. The molecule has 0 bridgehead atoms. The first-order valence-electron chi connectivity index (χ1n) is 6.86. The van der Waals surface area contributed by atoms with Crippen LogP contribution < -0.4 is 5.32 Å². The zero-order chi connectivity index (χ0) is 15.2. The molecule has 1 aromatic rings. The van der Waals surface area contributed by atoms with Crippen molar-refractivity contribution in [2.45, 2.75) is 11.8 Å². The summed E-state index contributed by atoms with van der Waals surface area (Å²) in [4.78, 5) is 10.5. The molecule has 0 aliphatic carbocycles. The lowest BCUT2D eigenvalue weighted by atomic mass is 10.0. The smallest absolute Gasteiger partial charge is 0.273 e. The molecule has 3 rings (SSSR count). The van der Waals surface area contributed by atoms with Gasteiger partial charge in [0.1, 0.15) is 0 Å². The molecule has 2 aliphatic heterocycles. The number of rotatable bonds is 3. The van der Waals surface area contributed by atoms with E-state index < -0.39 is 14.9 Å². The third-order valence-corrected chi connectivity index (χ3v) is 6.40. The van der Waals surface area contributed by atoms with E-state index in [0.29, 0.717) is 24.9 Å². The van der Waals surface area contributed by atoms with Crippen LogP contribution in [0.4, 0.5) is 5.69 Å². The normalized spacial score (nSPS) is 26.0. The molecule has 114 valence electrons. The van der Waals surface area contributed by atoms with E-state index in [2.05, 4.69) is 5.32 Å². The van der Waals surface area contributed by atoms with E-state index in [1.165, 1.54) is 29.4 Å². The summed E-state index contributed by atoms with van der Waals surface area (Å²) in [6.45, 7) is 4.14. The van der Waals surface area contributed by atoms with E-state index in [4.69, 9.17) is 0 Å². The van der Waals surface area contributed by atoms with Crippen molar-refractivity contribution in [3.05, 3.63) is 33.9 Å². The Bertz CT molecular complexity index is 677. The van der Waals surface area contributed by atoms with Gasteiger partial charge in [0.05, 0.1) is 9.82 Å². The van der Waals surface area contributed by atoms with Gasteiger partial charge in [-0.25, -0.2) is 8.42 Å². The molecule has 2 fully saturated rings. The van der Waals surface area contributed by atoms with E-state index in [1.54, 1.807) is 0 Å². The van der Waals surface area contributed by atoms with Gasteiger partial charge in [0.25, 0.3) is 5.69 Å². The fourth-order valence-electron chi connectivity index (χ4n) is 3.23. The number of nitro groups is 1. The van der Waals surface area contributed by atoms with Gasteiger partial charge < -0.3 is 5.32 Å². The fourth-order valence-corrected chi connectivity index (χ4v) is 5.02. The van der Waals surface area contributed by atoms with Crippen molar-refractivity contribution in [3.8, 4) is 0 Å². The van der Waals surface area contributed by atoms with Gasteiger partial charge in [-0.15, -0.1) is 0 Å². The maximum atomic E-state index is 12.7. The Labute approximate surface area is 123 Å². The van der Waals surface area contributed by atoms with Crippen molar-refractivity contribution in [1.29, 1.82) is 0 Å². The zero-order valence-electron chi connectivity index (χ0n) is 11.7. The summed E-state index contributed by atoms with van der Waals surface area (Å²) in [6, 6.07) is 4.21. The van der Waals surface area contributed by atoms with Crippen LogP contribution in [-0.2, 0) is 10.0 Å². The fraction of sp³-hybridized carbons (Fsp3) is 0.538. The minimum atomic E-state index is -3.67. The first-order chi connectivity index (χ1) is 9.91. The predicted octanol–water partition coefficient (Wildman–Crippen LogP) is 0.743. The zero-order valence-corrected chi connectivity index (χ0v) is 12.5. The Kier molecular flexibility index (Phi) is 3.46. The largest absolute Gasteiger partial charge is 0.316 e. The third-order valence-electron chi connectivity index (χ3n) is 4.43. The first-order valence-corrected chi connectivity index (χ1v) is 8.30. The molecule has 2 aliphatic rings. The second kappa shape index (κ2) is 5.04. The number of fused-ring (bicyclic) bond motifs is 1. The van der Waals surface area contributed by atoms with Crippen molar-refractivity contribution >= 4 is 15.7 Å². The van der Waals surface area contributed by atoms with Gasteiger partial charge in [0.15, 0.2) is 0 Å². The molecule has 0 saturated carbocycles. The average Bonchev–Trinajstić information content (AvgIpc) is 2.99. The quantitative estimate of drug-likeness (QED) is 0.656. The van der Waals surface area contributed by atoms with Crippen LogP contribution in [0.1, 0.15) is 5.56 Å². The van der Waals surface area contributed by atoms with Crippen LogP contribution in [0.15, 0.2) is 23.1 Å². The highest BCUT2D eigenvalue weighted by atomic mass is 32.2. The summed E-state index contributed by atoms with van der Waals surface area (Å²) < 4.78 is 27.0. The molecule has 1 N–H and O–H groups in total. The number of benzene rings is 1. The lowest BCUT2D eigenvalue weighted by molar-refractivity contribution is -0.385. The molecule has 1 aromatic carbocycles. The number of hydrogen-bond acceptors (Lipinski definition) is 5. The van der Waals surface area contributed by atoms with Gasteiger partial charge in [-0.05, 0) is 37.9 Å². The van der Waals surface area contributed by atoms with Gasteiger partial charge in [0.2, 0.25) is 10.0 Å². The Balaban J connectivity index is 1.96. The van der Waals surface area contributed by atoms with Crippen LogP contribution in [0.5, 0.6) is 0 Å². The summed E-state index contributed by atoms with van der Waals surface area (Å²) in [6.07, 6.45) is 0. The molecule has 8 heteroatoms. The molecule has 2 heterocycles. The Morgan fingerprint density at radius 3 is 2.48 bits per heavy atom. The van der Waals surface area contributed by atoms with E-state index in [9.17, 15) is 18.5 Å². The molecular formula is C13H17N3O4S. The highest BCUT2D eigenvalue weighted by molar-refractivity contribution is 7.89. The van der Waals surface area contributed by atoms with Crippen molar-refractivity contribution in [2.75, 3.05) is 26.2 Å². The molecule has 2 atom stereocenters. The molecule has 21 heavy (non-hydrogen) atoms. The minimum Gasteiger partial charge on any atom is -0.316 e. The standard InChI is InChI=1S/C13H17N3O4S/c1-9-12(16(17)18)3-2-4-13(9)21(19,20)15-7-10-5-14-6-11(10)8-15/h2-4,10-11,14H,5-8H2,1H3/t10-,11+. The lowest BCUT2D eigenvalue weighted by Crippen LogP contribution is -2.32. The topological polar surface area (TPSA) is 92.5 Å². The summed E-state index contributed by atoms with van der Waals surface area (Å²) in [5.74, 6) is 0.692. The SMILES string of the molecule is Cc1c([N+](=O)[O-])cccc1S(=O)(=O)N1C[C@H]2CNC[C@H]2C1. The van der Waals surface area contributed by atoms with Crippen LogP contribution in [0.3, 0.4) is 0 Å². The van der Waals surface area contributed by atoms with Gasteiger partial charge in [-0.1, -0.05) is 6.07 Å². The third kappa shape index (κ3) is 2.33. The summed E-state index contributed by atoms with van der Waals surface area (Å²) in [7, 11) is -3.67. The Morgan fingerprint density at radius 2 is 1.90 bits per heavy atom. The van der Waals surface area contributed by atoms with Gasteiger partial charge in [0, 0.05) is 24.7 Å². The Morgan fingerprint density at radius 1 is 1.29 bits per heavy atom. The average molecular weight is 311 g/mol. The van der Waals surface area contributed by atoms with Crippen LogP contribution in [0.25, 0.3) is 0 Å². The van der Waals surface area contributed by atoms with E-state index in [0.717, 1.165) is 13.1 Å². The molecule has 0 unspecified atom stereocenters. The van der Waals surface area contributed by atoms with Crippen LogP contribution in [0.2, 0.25) is 0 Å². The van der Waals surface area contributed by atoms with Crippen LogP contribution in [-0.4, -0.2) is 43.8 Å². The number of nitrogens with one attached hydrogen (secondary N) is 1. The number of hydrogen-bond donors (Lipinski definition) is 1. The Hall–Kier alpha value is -1.51. The second-order valence-electron chi connectivity index (χ2n) is 5.66. The highest BCUT2D eigenvalue weighted by Gasteiger charge is 2.42. The molecular weight excluding hydrogens is 294 g/mol. The number of nitrogens with zero attached hydrogens (tertiary/aromatic N) is 2. The van der Waals surface area contributed by atoms with Crippen molar-refractivity contribution in [2.24, 2.45) is 11.8 Å². The monoisotopic (exact) mass is 311 g/mol. The highest BCUT2D eigenvalue weighted by Crippen LogP contribution is 2.33. The van der Waals surface area contributed by atoms with Crippen molar-refractivity contribution < 1.29 is 13.3 Å². The molecule has 0 spiro atoms. The van der Waals surface area contributed by atoms with Crippen molar-refractivity contribution in [3.63, 3.8) is 0 Å². The number of sulfonamides is 1.